The number of carbonyl (C=O) groups excluding carboxylic acids is 1. The smallest absolute Gasteiger partial charge is 0.229 e. The number of Topliss-reactive ketones (excluding diaryl/α,β-unsaturated/α-hetero) is 1. The van der Waals surface area contributed by atoms with Crippen molar-refractivity contribution in [3.8, 4) is 16.9 Å². The molecule has 7 nitrogen and oxygen atoms in total. The first-order valence-electron chi connectivity index (χ1n) is 10.5. The van der Waals surface area contributed by atoms with E-state index in [1.165, 1.54) is 0 Å². The van der Waals surface area contributed by atoms with Gasteiger partial charge in [-0.25, -0.2) is 0 Å². The van der Waals surface area contributed by atoms with E-state index in [-0.39, 0.29) is 5.78 Å². The minimum Gasteiger partial charge on any atom is -0.461 e. The Morgan fingerprint density at radius 3 is 2.48 bits per heavy atom. The summed E-state index contributed by atoms with van der Waals surface area (Å²) in [5, 5.41) is 39.8. The van der Waals surface area contributed by atoms with Gasteiger partial charge < -0.3 is 29.9 Å². The molecule has 0 unspecified atom stereocenters. The lowest BCUT2D eigenvalue weighted by atomic mass is 9.97. The van der Waals surface area contributed by atoms with Gasteiger partial charge in [0.15, 0.2) is 0 Å². The molecule has 4 N–H and O–H groups in total. The lowest BCUT2D eigenvalue weighted by Crippen LogP contribution is -2.60. The summed E-state index contributed by atoms with van der Waals surface area (Å²) in [7, 11) is 0. The first-order chi connectivity index (χ1) is 14.8. The van der Waals surface area contributed by atoms with Crippen LogP contribution in [0.4, 0.5) is 0 Å². The number of ether oxygens (including phenoxy) is 2. The third-order valence-electron chi connectivity index (χ3n) is 5.37. The van der Waals surface area contributed by atoms with E-state index in [4.69, 9.17) is 9.47 Å². The second-order valence-electron chi connectivity index (χ2n) is 7.97. The normalized spacial score (nSPS) is 25.9. The fraction of sp³-hybridized carbons (Fsp3) is 0.458. The minimum atomic E-state index is -1.52. The summed E-state index contributed by atoms with van der Waals surface area (Å²) in [5.74, 6) is 0.485. The molecular formula is C24H30O7. The Morgan fingerprint density at radius 2 is 1.81 bits per heavy atom. The monoisotopic (exact) mass is 430 g/mol. The van der Waals surface area contributed by atoms with Crippen molar-refractivity contribution in [1.29, 1.82) is 0 Å². The van der Waals surface area contributed by atoms with E-state index in [1.54, 1.807) is 13.0 Å². The Labute approximate surface area is 181 Å². The molecule has 0 aromatic heterocycles. The van der Waals surface area contributed by atoms with Gasteiger partial charge in [-0.05, 0) is 42.2 Å². The van der Waals surface area contributed by atoms with Gasteiger partial charge in [0, 0.05) is 12.0 Å². The third kappa shape index (κ3) is 5.50. The second kappa shape index (κ2) is 10.3. The molecule has 7 heteroatoms. The first kappa shape index (κ1) is 23.4. The molecule has 1 saturated heterocycles. The average Bonchev–Trinajstić information content (AvgIpc) is 2.75. The average molecular weight is 430 g/mol. The second-order valence-corrected chi connectivity index (χ2v) is 7.97. The Hall–Kier alpha value is -2.29. The molecule has 5 atom stereocenters. The highest BCUT2D eigenvalue weighted by Crippen LogP contribution is 2.34. The number of hydrogen-bond acceptors (Lipinski definition) is 7. The van der Waals surface area contributed by atoms with E-state index in [2.05, 4.69) is 6.92 Å². The molecule has 0 radical (unpaired) electrons. The molecule has 168 valence electrons. The van der Waals surface area contributed by atoms with Crippen LogP contribution in [0.5, 0.6) is 5.75 Å². The molecule has 0 amide bonds. The number of hydrogen-bond donors (Lipinski definition) is 4. The van der Waals surface area contributed by atoms with Gasteiger partial charge in [0.25, 0.3) is 0 Å². The molecule has 0 aliphatic carbocycles. The molecule has 0 bridgehead atoms. The van der Waals surface area contributed by atoms with Crippen molar-refractivity contribution in [3.05, 3.63) is 53.6 Å². The van der Waals surface area contributed by atoms with Gasteiger partial charge in [0.2, 0.25) is 6.29 Å². The Morgan fingerprint density at radius 1 is 1.03 bits per heavy atom. The van der Waals surface area contributed by atoms with E-state index in [1.807, 2.05) is 36.4 Å². The zero-order valence-electron chi connectivity index (χ0n) is 17.8. The van der Waals surface area contributed by atoms with E-state index < -0.39 is 37.3 Å². The number of carbonyl (C=O) groups is 1. The molecule has 1 aliphatic heterocycles. The zero-order valence-corrected chi connectivity index (χ0v) is 17.8. The lowest BCUT2D eigenvalue weighted by Gasteiger charge is -2.39. The van der Waals surface area contributed by atoms with E-state index in [0.29, 0.717) is 12.2 Å². The van der Waals surface area contributed by atoms with Gasteiger partial charge in [0.05, 0.1) is 6.61 Å². The number of rotatable bonds is 8. The summed E-state index contributed by atoms with van der Waals surface area (Å²) in [4.78, 5) is 11.5. The number of aryl methyl sites for hydroxylation is 1. The van der Waals surface area contributed by atoms with Gasteiger partial charge in [0.1, 0.15) is 35.9 Å². The van der Waals surface area contributed by atoms with E-state index in [9.17, 15) is 25.2 Å². The molecule has 0 spiro atoms. The van der Waals surface area contributed by atoms with E-state index in [0.717, 1.165) is 35.1 Å². The predicted octanol–water partition coefficient (Wildman–Crippen LogP) is 1.62. The van der Waals surface area contributed by atoms with Gasteiger partial charge in [-0.1, -0.05) is 43.7 Å². The van der Waals surface area contributed by atoms with Crippen molar-refractivity contribution < 1.29 is 34.7 Å². The van der Waals surface area contributed by atoms with Gasteiger partial charge in [-0.15, -0.1) is 0 Å². The van der Waals surface area contributed by atoms with Crippen molar-refractivity contribution in [2.45, 2.75) is 63.8 Å². The van der Waals surface area contributed by atoms with Crippen molar-refractivity contribution in [2.75, 3.05) is 6.61 Å². The third-order valence-corrected chi connectivity index (χ3v) is 5.37. The molecule has 31 heavy (non-hydrogen) atoms. The minimum absolute atomic E-state index is 0.0645. The lowest BCUT2D eigenvalue weighted by molar-refractivity contribution is -0.277. The topological polar surface area (TPSA) is 116 Å². The van der Waals surface area contributed by atoms with Crippen LogP contribution < -0.4 is 4.74 Å². The maximum absolute atomic E-state index is 11.5. The van der Waals surface area contributed by atoms with Gasteiger partial charge in [-0.2, -0.15) is 0 Å². The van der Waals surface area contributed by atoms with Crippen LogP contribution in [0.3, 0.4) is 0 Å². The quantitative estimate of drug-likeness (QED) is 0.503. The van der Waals surface area contributed by atoms with Crippen LogP contribution in [-0.2, 0) is 22.4 Å². The molecule has 1 fully saturated rings. The molecule has 2 aromatic rings. The van der Waals surface area contributed by atoms with Crippen molar-refractivity contribution in [2.24, 2.45) is 0 Å². The summed E-state index contributed by atoms with van der Waals surface area (Å²) in [5.41, 5.74) is 3.59. The van der Waals surface area contributed by atoms with Crippen molar-refractivity contribution in [3.63, 3.8) is 0 Å². The highest BCUT2D eigenvalue weighted by molar-refractivity contribution is 5.79. The maximum Gasteiger partial charge on any atom is 0.229 e. The highest BCUT2D eigenvalue weighted by atomic mass is 16.7. The molecule has 1 aliphatic rings. The summed E-state index contributed by atoms with van der Waals surface area (Å²) in [6.07, 6.45) is -4.61. The van der Waals surface area contributed by atoms with Crippen LogP contribution in [-0.4, -0.2) is 63.5 Å². The SMILES string of the molecule is CCCc1ccc(O[C@H]2O[C@H](CO)[C@@H](O)[C@H](O)[C@@H]2O)c(-c2cccc(CC(C)=O)c2)c1. The van der Waals surface area contributed by atoms with Crippen LogP contribution in [0.1, 0.15) is 31.4 Å². The number of aliphatic hydroxyl groups excluding tert-OH is 4. The maximum atomic E-state index is 11.5. The summed E-state index contributed by atoms with van der Waals surface area (Å²) in [6, 6.07) is 13.3. The highest BCUT2D eigenvalue weighted by Gasteiger charge is 2.44. The van der Waals surface area contributed by atoms with Crippen LogP contribution in [0.25, 0.3) is 11.1 Å². The summed E-state index contributed by atoms with van der Waals surface area (Å²) < 4.78 is 11.4. The van der Waals surface area contributed by atoms with E-state index >= 15 is 0 Å². The molecule has 3 rings (SSSR count). The van der Waals surface area contributed by atoms with Crippen molar-refractivity contribution >= 4 is 5.78 Å². The molecule has 1 heterocycles. The van der Waals surface area contributed by atoms with Crippen LogP contribution in [0, 0.1) is 0 Å². The first-order valence-corrected chi connectivity index (χ1v) is 10.5. The zero-order chi connectivity index (χ0) is 22.5. The Balaban J connectivity index is 1.96. The van der Waals surface area contributed by atoms with Crippen LogP contribution >= 0.6 is 0 Å². The molecule has 2 aromatic carbocycles. The standard InChI is InChI=1S/C24H30O7/c1-3-5-15-8-9-19(30-24-23(29)22(28)21(27)20(13-25)31-24)18(12-15)17-7-4-6-16(11-17)10-14(2)26/h4,6-9,11-12,20-25,27-29H,3,5,10,13H2,1-2H3/t20-,21-,22+,23+,24+/m1/s1. The predicted molar refractivity (Wildman–Crippen MR) is 115 cm³/mol. The van der Waals surface area contributed by atoms with Crippen LogP contribution in [0.15, 0.2) is 42.5 Å². The Kier molecular flexibility index (Phi) is 7.80. The summed E-state index contributed by atoms with van der Waals surface area (Å²) in [6.45, 7) is 3.11. The van der Waals surface area contributed by atoms with Crippen LogP contribution in [0.2, 0.25) is 0 Å². The largest absolute Gasteiger partial charge is 0.461 e. The number of aliphatic hydroxyl groups is 4. The van der Waals surface area contributed by atoms with Gasteiger partial charge >= 0.3 is 0 Å². The number of ketones is 1. The summed E-state index contributed by atoms with van der Waals surface area (Å²) >= 11 is 0. The fourth-order valence-corrected chi connectivity index (χ4v) is 3.78. The molecular weight excluding hydrogens is 400 g/mol. The number of benzene rings is 2. The van der Waals surface area contributed by atoms with Crippen molar-refractivity contribution in [1.82, 2.24) is 0 Å². The van der Waals surface area contributed by atoms with Gasteiger partial charge in [-0.3, -0.25) is 4.79 Å². The fourth-order valence-electron chi connectivity index (χ4n) is 3.78. The molecule has 0 saturated carbocycles. The Bertz CT molecular complexity index is 895.